The molecule has 1 fully saturated rings. The zero-order valence-corrected chi connectivity index (χ0v) is 18.9. The third-order valence-electron chi connectivity index (χ3n) is 5.98. The minimum Gasteiger partial charge on any atom is -0.307 e. The standard InChI is InChI=1S/C22H20ClN7OS/c1-12-5-8-18-27-28-21(30(12)18)15-3-2-4-17(25-15)26-22(31)14-9-19(32-20(14)23)29-10-16(24-11-29)13-6-7-13/h2-4,9-13H,5-8H2,1H3,(H,25,26,31)/t12-/m0/s1. The summed E-state index contributed by atoms with van der Waals surface area (Å²) >= 11 is 7.76. The van der Waals surface area contributed by atoms with E-state index in [1.54, 1.807) is 18.5 Å². The van der Waals surface area contributed by atoms with Crippen molar-refractivity contribution in [3.63, 3.8) is 0 Å². The molecule has 1 N–H and O–H groups in total. The molecule has 1 amide bonds. The van der Waals surface area contributed by atoms with Crippen LogP contribution in [0.15, 0.2) is 36.8 Å². The van der Waals surface area contributed by atoms with Crippen molar-refractivity contribution in [2.75, 3.05) is 5.32 Å². The van der Waals surface area contributed by atoms with E-state index in [-0.39, 0.29) is 5.91 Å². The summed E-state index contributed by atoms with van der Waals surface area (Å²) in [7, 11) is 0. The number of rotatable bonds is 5. The van der Waals surface area contributed by atoms with E-state index in [1.165, 1.54) is 24.2 Å². The lowest BCUT2D eigenvalue weighted by atomic mass is 10.2. The maximum Gasteiger partial charge on any atom is 0.259 e. The molecule has 0 spiro atoms. The van der Waals surface area contributed by atoms with Gasteiger partial charge >= 0.3 is 0 Å². The quantitative estimate of drug-likeness (QED) is 0.453. The number of nitrogens with zero attached hydrogens (tertiary/aromatic N) is 6. The molecule has 4 aromatic rings. The van der Waals surface area contributed by atoms with Crippen molar-refractivity contribution in [2.45, 2.75) is 44.6 Å². The normalized spacial score (nSPS) is 17.5. The van der Waals surface area contributed by atoms with Gasteiger partial charge in [0.1, 0.15) is 33.0 Å². The fourth-order valence-electron chi connectivity index (χ4n) is 4.10. The van der Waals surface area contributed by atoms with Crippen molar-refractivity contribution >= 4 is 34.7 Å². The van der Waals surface area contributed by atoms with Crippen molar-refractivity contribution in [1.29, 1.82) is 0 Å². The van der Waals surface area contributed by atoms with Gasteiger partial charge in [-0.1, -0.05) is 17.7 Å². The lowest BCUT2D eigenvalue weighted by Crippen LogP contribution is -2.13. The number of imidazole rings is 1. The van der Waals surface area contributed by atoms with Crippen LogP contribution < -0.4 is 5.32 Å². The monoisotopic (exact) mass is 465 g/mol. The van der Waals surface area contributed by atoms with Gasteiger partial charge in [-0.25, -0.2) is 9.97 Å². The molecule has 4 aromatic heterocycles. The van der Waals surface area contributed by atoms with E-state index in [0.29, 0.717) is 33.4 Å². The number of hydrogen-bond acceptors (Lipinski definition) is 6. The van der Waals surface area contributed by atoms with Crippen LogP contribution in [0, 0.1) is 0 Å². The Kier molecular flexibility index (Phi) is 4.62. The molecule has 2 aliphatic rings. The molecule has 1 atom stereocenters. The van der Waals surface area contributed by atoms with Gasteiger partial charge in [0.15, 0.2) is 5.82 Å². The summed E-state index contributed by atoms with van der Waals surface area (Å²) in [5.74, 6) is 2.42. The Morgan fingerprint density at radius 2 is 2.12 bits per heavy atom. The number of aryl methyl sites for hydroxylation is 1. The second-order valence-corrected chi connectivity index (χ2v) is 9.94. The number of anilines is 1. The molecular weight excluding hydrogens is 446 g/mol. The van der Waals surface area contributed by atoms with Gasteiger partial charge in [0.05, 0.1) is 11.3 Å². The van der Waals surface area contributed by atoms with E-state index in [9.17, 15) is 4.79 Å². The average molecular weight is 466 g/mol. The highest BCUT2D eigenvalue weighted by Crippen LogP contribution is 2.40. The highest BCUT2D eigenvalue weighted by atomic mass is 35.5. The first-order valence-corrected chi connectivity index (χ1v) is 11.8. The molecule has 0 unspecified atom stereocenters. The van der Waals surface area contributed by atoms with Gasteiger partial charge < -0.3 is 9.88 Å². The Hall–Kier alpha value is -3.04. The zero-order chi connectivity index (χ0) is 21.8. The molecule has 0 bridgehead atoms. The topological polar surface area (TPSA) is 90.5 Å². The number of halogens is 1. The predicted molar refractivity (Wildman–Crippen MR) is 123 cm³/mol. The Bertz CT molecular complexity index is 1340. The minimum atomic E-state index is -0.301. The van der Waals surface area contributed by atoms with E-state index < -0.39 is 0 Å². The number of carbonyl (C=O) groups is 1. The number of pyridine rings is 1. The number of nitrogens with one attached hydrogen (secondary N) is 1. The zero-order valence-electron chi connectivity index (χ0n) is 17.3. The molecule has 162 valence electrons. The first-order valence-electron chi connectivity index (χ1n) is 10.6. The van der Waals surface area contributed by atoms with Gasteiger partial charge in [0.25, 0.3) is 5.91 Å². The fraction of sp³-hybridized carbons (Fsp3) is 0.318. The third kappa shape index (κ3) is 3.41. The number of carbonyl (C=O) groups excluding carboxylic acids is 1. The first-order chi connectivity index (χ1) is 15.6. The van der Waals surface area contributed by atoms with Crippen LogP contribution in [0.1, 0.15) is 60.0 Å². The summed E-state index contributed by atoms with van der Waals surface area (Å²) in [5.41, 5.74) is 2.19. The number of fused-ring (bicyclic) bond motifs is 1. The summed E-state index contributed by atoms with van der Waals surface area (Å²) in [6.45, 7) is 2.15. The molecule has 1 saturated carbocycles. The van der Waals surface area contributed by atoms with Crippen LogP contribution in [0.2, 0.25) is 4.34 Å². The Labute approximate surface area is 193 Å². The summed E-state index contributed by atoms with van der Waals surface area (Å²) in [6.07, 6.45) is 8.15. The maximum atomic E-state index is 13.0. The lowest BCUT2D eigenvalue weighted by Gasteiger charge is -2.10. The highest BCUT2D eigenvalue weighted by Gasteiger charge is 2.27. The van der Waals surface area contributed by atoms with Gasteiger partial charge in [0.2, 0.25) is 0 Å². The smallest absolute Gasteiger partial charge is 0.259 e. The lowest BCUT2D eigenvalue weighted by molar-refractivity contribution is 0.102. The van der Waals surface area contributed by atoms with E-state index in [0.717, 1.165) is 35.2 Å². The predicted octanol–water partition coefficient (Wildman–Crippen LogP) is 4.88. The van der Waals surface area contributed by atoms with Crippen molar-refractivity contribution in [2.24, 2.45) is 0 Å². The van der Waals surface area contributed by atoms with Gasteiger partial charge in [0, 0.05) is 24.6 Å². The molecule has 10 heteroatoms. The molecule has 0 radical (unpaired) electrons. The van der Waals surface area contributed by atoms with Crippen LogP contribution in [0.3, 0.4) is 0 Å². The Balaban J connectivity index is 1.24. The number of hydrogen-bond donors (Lipinski definition) is 1. The highest BCUT2D eigenvalue weighted by molar-refractivity contribution is 7.19. The molecule has 6 rings (SSSR count). The van der Waals surface area contributed by atoms with E-state index in [4.69, 9.17) is 11.6 Å². The van der Waals surface area contributed by atoms with Crippen molar-refractivity contribution in [3.05, 3.63) is 58.2 Å². The van der Waals surface area contributed by atoms with Crippen LogP contribution in [0.4, 0.5) is 5.82 Å². The van der Waals surface area contributed by atoms with Crippen LogP contribution in [-0.2, 0) is 6.42 Å². The molecule has 5 heterocycles. The SMILES string of the molecule is C[C@H]1CCc2nnc(-c3cccc(NC(=O)c4cc(-n5cnc(C6CC6)c5)sc4Cl)n3)n21. The second-order valence-electron chi connectivity index (χ2n) is 8.31. The number of thiophene rings is 1. The van der Waals surface area contributed by atoms with Crippen molar-refractivity contribution in [1.82, 2.24) is 29.3 Å². The Morgan fingerprint density at radius 1 is 1.25 bits per heavy atom. The van der Waals surface area contributed by atoms with Crippen molar-refractivity contribution in [3.8, 4) is 16.5 Å². The average Bonchev–Trinajstić information content (AvgIpc) is 3.13. The molecule has 0 aromatic carbocycles. The summed E-state index contributed by atoms with van der Waals surface area (Å²) in [6, 6.07) is 7.61. The molecule has 8 nitrogen and oxygen atoms in total. The van der Waals surface area contributed by atoms with Crippen LogP contribution >= 0.6 is 22.9 Å². The summed E-state index contributed by atoms with van der Waals surface area (Å²) < 4.78 is 4.48. The van der Waals surface area contributed by atoms with E-state index in [1.807, 2.05) is 22.9 Å². The summed E-state index contributed by atoms with van der Waals surface area (Å²) in [5, 5.41) is 12.3. The number of amides is 1. The molecule has 0 saturated heterocycles. The van der Waals surface area contributed by atoms with E-state index >= 15 is 0 Å². The molecule has 1 aliphatic heterocycles. The fourth-order valence-corrected chi connectivity index (χ4v) is 5.30. The van der Waals surface area contributed by atoms with Crippen LogP contribution in [0.25, 0.3) is 16.5 Å². The first kappa shape index (κ1) is 19.6. The molecular formula is C22H20ClN7OS. The van der Waals surface area contributed by atoms with Gasteiger partial charge in [-0.2, -0.15) is 0 Å². The van der Waals surface area contributed by atoms with Crippen LogP contribution in [-0.4, -0.2) is 35.2 Å². The Morgan fingerprint density at radius 3 is 2.97 bits per heavy atom. The largest absolute Gasteiger partial charge is 0.307 e. The van der Waals surface area contributed by atoms with Gasteiger partial charge in [-0.15, -0.1) is 21.5 Å². The van der Waals surface area contributed by atoms with Crippen LogP contribution in [0.5, 0.6) is 0 Å². The second kappa shape index (κ2) is 7.53. The molecule has 32 heavy (non-hydrogen) atoms. The van der Waals surface area contributed by atoms with Crippen molar-refractivity contribution < 1.29 is 4.79 Å². The summed E-state index contributed by atoms with van der Waals surface area (Å²) in [4.78, 5) is 22.0. The molecule has 1 aliphatic carbocycles. The van der Waals surface area contributed by atoms with E-state index in [2.05, 4.69) is 37.0 Å². The maximum absolute atomic E-state index is 13.0. The third-order valence-corrected chi connectivity index (χ3v) is 7.36. The number of aromatic nitrogens is 6. The van der Waals surface area contributed by atoms with Gasteiger partial charge in [-0.05, 0) is 44.4 Å². The van der Waals surface area contributed by atoms with Gasteiger partial charge in [-0.3, -0.25) is 9.36 Å². The minimum absolute atomic E-state index is 0.301.